The average molecular weight is 225 g/mol. The minimum atomic E-state index is -0.0304. The first-order valence-corrected chi connectivity index (χ1v) is 6.62. The summed E-state index contributed by atoms with van der Waals surface area (Å²) in [5.74, 6) is 0.672. The zero-order chi connectivity index (χ0) is 11.6. The largest absolute Gasteiger partial charge is 0.396 e. The van der Waals surface area contributed by atoms with Crippen LogP contribution in [0.1, 0.15) is 45.4 Å². The first-order chi connectivity index (χ1) is 7.72. The predicted molar refractivity (Wildman–Crippen MR) is 63.0 cm³/mol. The maximum Gasteiger partial charge on any atom is 0.228 e. The zero-order valence-corrected chi connectivity index (χ0v) is 10.2. The van der Waals surface area contributed by atoms with Gasteiger partial charge in [0.15, 0.2) is 0 Å². The second-order valence-electron chi connectivity index (χ2n) is 5.43. The van der Waals surface area contributed by atoms with E-state index < -0.39 is 0 Å². The summed E-state index contributed by atoms with van der Waals surface area (Å²) in [6.45, 7) is 4.03. The van der Waals surface area contributed by atoms with E-state index in [1.165, 1.54) is 6.42 Å². The van der Waals surface area contributed by atoms with Gasteiger partial charge in [-0.05, 0) is 38.0 Å². The zero-order valence-electron chi connectivity index (χ0n) is 10.2. The van der Waals surface area contributed by atoms with Crippen LogP contribution in [0.3, 0.4) is 0 Å². The molecule has 0 aromatic heterocycles. The number of nitrogens with zero attached hydrogens (tertiary/aromatic N) is 1. The molecule has 1 unspecified atom stereocenters. The highest BCUT2D eigenvalue weighted by Gasteiger charge is 2.45. The van der Waals surface area contributed by atoms with Gasteiger partial charge in [0, 0.05) is 25.1 Å². The number of aliphatic hydroxyl groups excluding tert-OH is 1. The van der Waals surface area contributed by atoms with Gasteiger partial charge in [0.05, 0.1) is 0 Å². The van der Waals surface area contributed by atoms with Gasteiger partial charge in [0.1, 0.15) is 0 Å². The molecule has 2 rings (SSSR count). The molecule has 0 aromatic carbocycles. The maximum atomic E-state index is 12.4. The third-order valence-electron chi connectivity index (χ3n) is 4.51. The molecule has 2 aliphatic rings. The van der Waals surface area contributed by atoms with Crippen LogP contribution in [0.15, 0.2) is 0 Å². The smallest absolute Gasteiger partial charge is 0.228 e. The van der Waals surface area contributed by atoms with E-state index in [0.29, 0.717) is 11.8 Å². The van der Waals surface area contributed by atoms with Crippen LogP contribution in [0.2, 0.25) is 0 Å². The van der Waals surface area contributed by atoms with Crippen LogP contribution >= 0.6 is 0 Å². The average Bonchev–Trinajstić information content (AvgIpc) is 2.28. The number of piperidine rings is 1. The molecule has 16 heavy (non-hydrogen) atoms. The molecule has 92 valence electrons. The predicted octanol–water partition coefficient (Wildman–Crippen LogP) is 1.80. The Bertz CT molecular complexity index is 255. The van der Waals surface area contributed by atoms with Gasteiger partial charge >= 0.3 is 0 Å². The van der Waals surface area contributed by atoms with Crippen molar-refractivity contribution in [3.63, 3.8) is 0 Å². The summed E-state index contributed by atoms with van der Waals surface area (Å²) in [7, 11) is 0. The van der Waals surface area contributed by atoms with Crippen molar-refractivity contribution in [2.24, 2.45) is 11.3 Å². The molecule has 1 aliphatic carbocycles. The summed E-state index contributed by atoms with van der Waals surface area (Å²) in [4.78, 5) is 14.4. The molecule has 0 bridgehead atoms. The van der Waals surface area contributed by atoms with Crippen LogP contribution < -0.4 is 0 Å². The molecule has 0 spiro atoms. The first-order valence-electron chi connectivity index (χ1n) is 6.62. The lowest BCUT2D eigenvalue weighted by atomic mass is 9.66. The highest BCUT2D eigenvalue weighted by atomic mass is 16.3. The molecule has 1 amide bonds. The first kappa shape index (κ1) is 11.9. The molecule has 3 nitrogen and oxygen atoms in total. The number of amides is 1. The van der Waals surface area contributed by atoms with E-state index in [0.717, 1.165) is 45.2 Å². The van der Waals surface area contributed by atoms with Crippen LogP contribution in [-0.4, -0.2) is 35.6 Å². The Morgan fingerprint density at radius 1 is 1.44 bits per heavy atom. The van der Waals surface area contributed by atoms with E-state index in [2.05, 4.69) is 6.92 Å². The van der Waals surface area contributed by atoms with Crippen molar-refractivity contribution < 1.29 is 9.90 Å². The molecule has 0 aromatic rings. The fourth-order valence-corrected chi connectivity index (χ4v) is 3.06. The summed E-state index contributed by atoms with van der Waals surface area (Å²) in [5.41, 5.74) is -0.0304. The minimum absolute atomic E-state index is 0.0304. The molecular weight excluding hydrogens is 202 g/mol. The number of hydrogen-bond donors (Lipinski definition) is 1. The Labute approximate surface area is 97.8 Å². The van der Waals surface area contributed by atoms with Crippen LogP contribution in [0.5, 0.6) is 0 Å². The van der Waals surface area contributed by atoms with Crippen molar-refractivity contribution in [1.82, 2.24) is 4.90 Å². The summed E-state index contributed by atoms with van der Waals surface area (Å²) in [6.07, 6.45) is 6.45. The third kappa shape index (κ3) is 1.97. The molecule has 3 heteroatoms. The molecule has 1 saturated carbocycles. The topological polar surface area (TPSA) is 40.5 Å². The van der Waals surface area contributed by atoms with Gasteiger partial charge in [-0.2, -0.15) is 0 Å². The Hall–Kier alpha value is -0.570. The lowest BCUT2D eigenvalue weighted by Gasteiger charge is -2.45. The minimum Gasteiger partial charge on any atom is -0.396 e. The van der Waals surface area contributed by atoms with Crippen LogP contribution in [0.25, 0.3) is 0 Å². The third-order valence-corrected chi connectivity index (χ3v) is 4.51. The number of likely N-dealkylation sites (tertiary alicyclic amines) is 1. The standard InChI is InChI=1S/C13H23NO2/c1-2-13(6-4-7-13)12(16)14-8-3-5-11(9-14)10-15/h11,15H,2-10H2,1H3. The fraction of sp³-hybridized carbons (Fsp3) is 0.923. The Morgan fingerprint density at radius 2 is 2.19 bits per heavy atom. The number of hydrogen-bond acceptors (Lipinski definition) is 2. The van der Waals surface area contributed by atoms with Gasteiger partial charge < -0.3 is 10.0 Å². The molecular formula is C13H23NO2. The van der Waals surface area contributed by atoms with Gasteiger partial charge in [-0.1, -0.05) is 13.3 Å². The molecule has 1 aliphatic heterocycles. The highest BCUT2D eigenvalue weighted by molar-refractivity contribution is 5.83. The highest BCUT2D eigenvalue weighted by Crippen LogP contribution is 2.45. The van der Waals surface area contributed by atoms with E-state index in [1.807, 2.05) is 4.90 Å². The Morgan fingerprint density at radius 3 is 2.69 bits per heavy atom. The van der Waals surface area contributed by atoms with Crippen molar-refractivity contribution in [3.8, 4) is 0 Å². The molecule has 2 fully saturated rings. The number of carbonyl (C=O) groups is 1. The molecule has 1 heterocycles. The SMILES string of the molecule is CCC1(C(=O)N2CCCC(CO)C2)CCC1. The Balaban J connectivity index is 1.98. The van der Waals surface area contributed by atoms with Crippen molar-refractivity contribution in [2.75, 3.05) is 19.7 Å². The van der Waals surface area contributed by atoms with Gasteiger partial charge in [-0.15, -0.1) is 0 Å². The summed E-state index contributed by atoms with van der Waals surface area (Å²) < 4.78 is 0. The van der Waals surface area contributed by atoms with Crippen molar-refractivity contribution in [3.05, 3.63) is 0 Å². The molecule has 1 atom stereocenters. The van der Waals surface area contributed by atoms with Crippen LogP contribution in [0, 0.1) is 11.3 Å². The van der Waals surface area contributed by atoms with E-state index in [-0.39, 0.29) is 12.0 Å². The fourth-order valence-electron chi connectivity index (χ4n) is 3.06. The quantitative estimate of drug-likeness (QED) is 0.795. The molecule has 0 radical (unpaired) electrons. The number of rotatable bonds is 3. The lowest BCUT2D eigenvalue weighted by Crippen LogP contribution is -2.51. The summed E-state index contributed by atoms with van der Waals surface area (Å²) in [6, 6.07) is 0. The van der Waals surface area contributed by atoms with Crippen molar-refractivity contribution >= 4 is 5.91 Å². The molecule has 1 saturated heterocycles. The maximum absolute atomic E-state index is 12.4. The van der Waals surface area contributed by atoms with Gasteiger partial charge in [0.2, 0.25) is 5.91 Å². The van der Waals surface area contributed by atoms with Crippen LogP contribution in [0.4, 0.5) is 0 Å². The Kier molecular flexibility index (Phi) is 3.53. The van der Waals surface area contributed by atoms with Gasteiger partial charge in [0.25, 0.3) is 0 Å². The summed E-state index contributed by atoms with van der Waals surface area (Å²) >= 11 is 0. The second kappa shape index (κ2) is 4.74. The van der Waals surface area contributed by atoms with E-state index in [9.17, 15) is 9.90 Å². The number of carbonyl (C=O) groups excluding carboxylic acids is 1. The lowest BCUT2D eigenvalue weighted by molar-refractivity contribution is -0.150. The van der Waals surface area contributed by atoms with Gasteiger partial charge in [-0.3, -0.25) is 4.79 Å². The monoisotopic (exact) mass is 225 g/mol. The van der Waals surface area contributed by atoms with Crippen LogP contribution in [-0.2, 0) is 4.79 Å². The van der Waals surface area contributed by atoms with Gasteiger partial charge in [-0.25, -0.2) is 0 Å². The normalized spacial score (nSPS) is 28.6. The molecule has 1 N–H and O–H groups in total. The second-order valence-corrected chi connectivity index (χ2v) is 5.43. The van der Waals surface area contributed by atoms with E-state index >= 15 is 0 Å². The van der Waals surface area contributed by atoms with E-state index in [4.69, 9.17) is 0 Å². The summed E-state index contributed by atoms with van der Waals surface area (Å²) in [5, 5.41) is 9.18. The number of aliphatic hydroxyl groups is 1. The van der Waals surface area contributed by atoms with Crippen molar-refractivity contribution in [1.29, 1.82) is 0 Å². The van der Waals surface area contributed by atoms with E-state index in [1.54, 1.807) is 0 Å². The van der Waals surface area contributed by atoms with Crippen molar-refractivity contribution in [2.45, 2.75) is 45.4 Å².